The fourth-order valence-corrected chi connectivity index (χ4v) is 4.45. The van der Waals surface area contributed by atoms with Crippen LogP contribution < -0.4 is 21.3 Å². The lowest BCUT2D eigenvalue weighted by molar-refractivity contribution is -0.122. The van der Waals surface area contributed by atoms with Crippen molar-refractivity contribution in [1.29, 1.82) is 0 Å². The second-order valence-electron chi connectivity index (χ2n) is 8.88. The summed E-state index contributed by atoms with van der Waals surface area (Å²) >= 11 is 6.18. The van der Waals surface area contributed by atoms with Gasteiger partial charge in [0.2, 0.25) is 11.8 Å². The molecule has 0 spiro atoms. The largest absolute Gasteiger partial charge is 0.388 e. The molecule has 2 aromatic carbocycles. The molecule has 1 aliphatic rings. The number of anilines is 2. The van der Waals surface area contributed by atoms with E-state index in [0.717, 1.165) is 29.1 Å². The van der Waals surface area contributed by atoms with E-state index in [1.165, 1.54) is 17.1 Å². The molecule has 13 heteroatoms. The third-order valence-corrected chi connectivity index (χ3v) is 6.46. The van der Waals surface area contributed by atoms with Gasteiger partial charge in [-0.05, 0) is 59.3 Å². The van der Waals surface area contributed by atoms with Gasteiger partial charge < -0.3 is 26.3 Å². The van der Waals surface area contributed by atoms with Gasteiger partial charge in [0.05, 0.1) is 30.0 Å². The molecule has 12 nitrogen and oxygen atoms in total. The summed E-state index contributed by atoms with van der Waals surface area (Å²) in [6.07, 6.45) is 6.92. The molecule has 0 radical (unpaired) electrons. The molecule has 0 unspecified atom stereocenters. The van der Waals surface area contributed by atoms with Gasteiger partial charge in [-0.1, -0.05) is 11.6 Å². The Bertz CT molecular complexity index is 1500. The van der Waals surface area contributed by atoms with E-state index in [9.17, 15) is 9.59 Å². The van der Waals surface area contributed by atoms with Crippen molar-refractivity contribution < 1.29 is 9.59 Å². The Morgan fingerprint density at radius 2 is 2.05 bits per heavy atom. The number of tetrazole rings is 1. The van der Waals surface area contributed by atoms with E-state index in [-0.39, 0.29) is 12.3 Å². The lowest BCUT2D eigenvalue weighted by Crippen LogP contribution is -2.34. The SMILES string of the molecule is CNc1ccc2c(c1)NCCCNC(=O)C[C@H](NC(=O)/C=C/c1cc(Cl)ccc1-n1cnnn1)c1ncc-2[nH]1. The van der Waals surface area contributed by atoms with Crippen molar-refractivity contribution in [1.82, 2.24) is 40.8 Å². The van der Waals surface area contributed by atoms with Crippen molar-refractivity contribution in [2.75, 3.05) is 30.8 Å². The maximum Gasteiger partial charge on any atom is 0.244 e. The number of rotatable bonds is 5. The zero-order valence-electron chi connectivity index (χ0n) is 21.1. The predicted molar refractivity (Wildman–Crippen MR) is 148 cm³/mol. The Morgan fingerprint density at radius 1 is 1.18 bits per heavy atom. The van der Waals surface area contributed by atoms with E-state index in [1.807, 2.05) is 25.2 Å². The quantitative estimate of drug-likeness (QED) is 0.239. The monoisotopic (exact) mass is 546 g/mol. The van der Waals surface area contributed by atoms with E-state index >= 15 is 0 Å². The number of aromatic nitrogens is 6. The molecule has 5 rings (SSSR count). The summed E-state index contributed by atoms with van der Waals surface area (Å²) in [6.45, 7) is 1.19. The number of aromatic amines is 1. The highest BCUT2D eigenvalue weighted by Crippen LogP contribution is 2.31. The third kappa shape index (κ3) is 6.24. The van der Waals surface area contributed by atoms with Gasteiger partial charge in [0.15, 0.2) is 0 Å². The number of carbonyl (C=O) groups is 2. The smallest absolute Gasteiger partial charge is 0.244 e. The molecule has 1 aliphatic heterocycles. The zero-order chi connectivity index (χ0) is 27.2. The number of H-pyrrole nitrogens is 1. The highest BCUT2D eigenvalue weighted by atomic mass is 35.5. The van der Waals surface area contributed by atoms with E-state index in [2.05, 4.69) is 46.8 Å². The molecule has 39 heavy (non-hydrogen) atoms. The van der Waals surface area contributed by atoms with Crippen LogP contribution in [0, 0.1) is 0 Å². The predicted octanol–water partition coefficient (Wildman–Crippen LogP) is 2.94. The normalized spacial score (nSPS) is 15.7. The van der Waals surface area contributed by atoms with Gasteiger partial charge >= 0.3 is 0 Å². The van der Waals surface area contributed by atoms with Gasteiger partial charge in [0.1, 0.15) is 12.2 Å². The number of amides is 2. The van der Waals surface area contributed by atoms with Crippen molar-refractivity contribution in [2.24, 2.45) is 0 Å². The van der Waals surface area contributed by atoms with Crippen molar-refractivity contribution in [2.45, 2.75) is 18.9 Å². The van der Waals surface area contributed by atoms with Gasteiger partial charge in [-0.3, -0.25) is 9.59 Å². The summed E-state index contributed by atoms with van der Waals surface area (Å²) in [4.78, 5) is 33.5. The fourth-order valence-electron chi connectivity index (χ4n) is 4.27. The second-order valence-corrected chi connectivity index (χ2v) is 9.32. The summed E-state index contributed by atoms with van der Waals surface area (Å²) in [5.41, 5.74) is 4.91. The maximum atomic E-state index is 13.0. The summed E-state index contributed by atoms with van der Waals surface area (Å²) in [6, 6.07) is 10.5. The number of imidazole rings is 1. The number of halogens is 1. The Kier molecular flexibility index (Phi) is 7.83. The summed E-state index contributed by atoms with van der Waals surface area (Å²) < 4.78 is 1.48. The molecule has 3 heterocycles. The molecular formula is C26H27ClN10O2. The minimum absolute atomic E-state index is 0.0263. The first-order chi connectivity index (χ1) is 19.0. The number of nitrogens with one attached hydrogen (secondary N) is 5. The molecule has 5 N–H and O–H groups in total. The van der Waals surface area contributed by atoms with Gasteiger partial charge in [-0.15, -0.1) is 5.10 Å². The molecule has 200 valence electrons. The van der Waals surface area contributed by atoms with Crippen molar-refractivity contribution in [3.8, 4) is 16.9 Å². The van der Waals surface area contributed by atoms with Crippen LogP contribution in [0.4, 0.5) is 11.4 Å². The summed E-state index contributed by atoms with van der Waals surface area (Å²) in [7, 11) is 1.87. The van der Waals surface area contributed by atoms with E-state index in [4.69, 9.17) is 11.6 Å². The molecule has 1 atom stereocenters. The number of fused-ring (bicyclic) bond motifs is 4. The molecule has 0 aliphatic carbocycles. The fraction of sp³-hybridized carbons (Fsp3) is 0.231. The molecule has 2 bridgehead atoms. The van der Waals surface area contributed by atoms with Crippen molar-refractivity contribution >= 4 is 40.9 Å². The van der Waals surface area contributed by atoms with E-state index < -0.39 is 11.9 Å². The molecule has 0 fully saturated rings. The second kappa shape index (κ2) is 11.8. The van der Waals surface area contributed by atoms with Crippen LogP contribution >= 0.6 is 11.6 Å². The topological polar surface area (TPSA) is 155 Å². The number of hydrogen-bond acceptors (Lipinski definition) is 8. The average molecular weight is 547 g/mol. The van der Waals surface area contributed by atoms with Crippen molar-refractivity contribution in [3.63, 3.8) is 0 Å². The molecular weight excluding hydrogens is 520 g/mol. The highest BCUT2D eigenvalue weighted by Gasteiger charge is 2.22. The third-order valence-electron chi connectivity index (χ3n) is 6.22. The Balaban J connectivity index is 1.40. The van der Waals surface area contributed by atoms with Gasteiger partial charge in [0.25, 0.3) is 0 Å². The maximum absolute atomic E-state index is 13.0. The van der Waals surface area contributed by atoms with Crippen LogP contribution in [0.1, 0.15) is 30.3 Å². The molecule has 2 aromatic heterocycles. The van der Waals surface area contributed by atoms with Gasteiger partial charge in [-0.2, -0.15) is 4.68 Å². The standard InChI is InChI=1S/C26H27ClN10O2/c1-28-18-5-6-19-20(12-18)29-9-2-10-30-25(39)13-21(26-31-14-22(19)34-26)33-24(38)8-3-16-11-17(27)4-7-23(16)37-15-32-35-36-37/h3-8,11-12,14-15,21,28-29H,2,9-10,13H2,1H3,(H,30,39)(H,31,34)(H,33,38)/b8-3+/t21-/m0/s1. The van der Waals surface area contributed by atoms with Crippen molar-refractivity contribution in [3.05, 3.63) is 71.4 Å². The van der Waals surface area contributed by atoms with Crippen LogP contribution in [0.15, 0.2) is 55.0 Å². The first-order valence-electron chi connectivity index (χ1n) is 12.4. The number of nitrogens with zero attached hydrogens (tertiary/aromatic N) is 5. The number of benzene rings is 2. The number of hydrogen-bond donors (Lipinski definition) is 5. The number of carbonyl (C=O) groups excluding carboxylic acids is 2. The van der Waals surface area contributed by atoms with Crippen LogP contribution in [0.2, 0.25) is 5.02 Å². The van der Waals surface area contributed by atoms with Crippen LogP contribution in [0.5, 0.6) is 0 Å². The van der Waals surface area contributed by atoms with E-state index in [1.54, 1.807) is 30.5 Å². The van der Waals surface area contributed by atoms with Crippen LogP contribution in [-0.2, 0) is 9.59 Å². The Hall–Kier alpha value is -4.71. The van der Waals surface area contributed by atoms with Gasteiger partial charge in [0, 0.05) is 53.7 Å². The first-order valence-corrected chi connectivity index (χ1v) is 12.8. The minimum Gasteiger partial charge on any atom is -0.388 e. The highest BCUT2D eigenvalue weighted by molar-refractivity contribution is 6.30. The summed E-state index contributed by atoms with van der Waals surface area (Å²) in [5.74, 6) is -0.118. The Morgan fingerprint density at radius 3 is 2.87 bits per heavy atom. The minimum atomic E-state index is -0.678. The summed E-state index contributed by atoms with van der Waals surface area (Å²) in [5, 5.41) is 24.2. The Labute approximate surface area is 229 Å². The molecule has 4 aromatic rings. The molecule has 2 amide bonds. The average Bonchev–Trinajstić information content (AvgIpc) is 3.64. The molecule has 0 saturated carbocycles. The molecule has 0 saturated heterocycles. The first kappa shape index (κ1) is 25.9. The zero-order valence-corrected chi connectivity index (χ0v) is 21.9. The van der Waals surface area contributed by atoms with Crippen LogP contribution in [0.25, 0.3) is 23.0 Å². The lowest BCUT2D eigenvalue weighted by Gasteiger charge is -2.16. The van der Waals surface area contributed by atoms with E-state index in [0.29, 0.717) is 35.2 Å². The van der Waals surface area contributed by atoms with Gasteiger partial charge in [-0.25, -0.2) is 4.98 Å². The lowest BCUT2D eigenvalue weighted by atomic mass is 10.1. The van der Waals surface area contributed by atoms with Crippen LogP contribution in [-0.4, -0.2) is 62.1 Å². The van der Waals surface area contributed by atoms with Crippen LogP contribution in [0.3, 0.4) is 0 Å².